The quantitative estimate of drug-likeness (QED) is 0.738. The maximum atomic E-state index is 12.6. The molecule has 148 valence electrons. The van der Waals surface area contributed by atoms with Crippen LogP contribution in [0.15, 0.2) is 53.9 Å². The second-order valence-electron chi connectivity index (χ2n) is 6.55. The van der Waals surface area contributed by atoms with Crippen molar-refractivity contribution in [2.45, 2.75) is 12.8 Å². The number of hydrogen-bond acceptors (Lipinski definition) is 3. The van der Waals surface area contributed by atoms with E-state index < -0.39 is 10.0 Å². The molecule has 2 aromatic carbocycles. The summed E-state index contributed by atoms with van der Waals surface area (Å²) in [5, 5.41) is 4.82. The zero-order valence-electron chi connectivity index (χ0n) is 15.0. The highest BCUT2D eigenvalue weighted by atomic mass is 35.5. The number of nitrogens with zero attached hydrogens (tertiary/aromatic N) is 1. The van der Waals surface area contributed by atoms with Gasteiger partial charge in [0.15, 0.2) is 0 Å². The lowest BCUT2D eigenvalue weighted by atomic mass is 9.97. The monoisotopic (exact) mass is 438 g/mol. The zero-order valence-corrected chi connectivity index (χ0v) is 17.3. The highest BCUT2D eigenvalue weighted by molar-refractivity contribution is 7.92. The van der Waals surface area contributed by atoms with Gasteiger partial charge in [0.25, 0.3) is 0 Å². The number of sulfonamides is 1. The van der Waals surface area contributed by atoms with Gasteiger partial charge in [0.05, 0.1) is 10.0 Å². The van der Waals surface area contributed by atoms with Crippen LogP contribution in [0.3, 0.4) is 0 Å². The molecule has 0 aliphatic carbocycles. The molecular weight excluding hydrogens is 419 g/mol. The number of rotatable bonds is 5. The van der Waals surface area contributed by atoms with Gasteiger partial charge in [0.2, 0.25) is 15.9 Å². The van der Waals surface area contributed by atoms with Crippen molar-refractivity contribution in [3.05, 3.63) is 69.5 Å². The van der Waals surface area contributed by atoms with Crippen LogP contribution in [-0.4, -0.2) is 31.7 Å². The number of anilines is 1. The normalized spacial score (nSPS) is 16.4. The van der Waals surface area contributed by atoms with Crippen molar-refractivity contribution in [2.75, 3.05) is 18.4 Å². The number of piperidine rings is 1. The summed E-state index contributed by atoms with van der Waals surface area (Å²) >= 11 is 11.8. The van der Waals surface area contributed by atoms with Crippen molar-refractivity contribution in [1.29, 1.82) is 0 Å². The fourth-order valence-electron chi connectivity index (χ4n) is 3.00. The Labute approximate surface area is 175 Å². The van der Waals surface area contributed by atoms with E-state index in [1.54, 1.807) is 18.2 Å². The SMILES string of the molecule is O=C(Nc1ccccc1)C1CCN(S(=O)(=O)/C=C/c2ccc(Cl)c(Cl)c2)CC1. The van der Waals surface area contributed by atoms with E-state index in [9.17, 15) is 13.2 Å². The topological polar surface area (TPSA) is 66.5 Å². The zero-order chi connectivity index (χ0) is 20.1. The van der Waals surface area contributed by atoms with Gasteiger partial charge in [-0.25, -0.2) is 8.42 Å². The van der Waals surface area contributed by atoms with Crippen molar-refractivity contribution < 1.29 is 13.2 Å². The van der Waals surface area contributed by atoms with Crippen molar-refractivity contribution >= 4 is 50.9 Å². The first-order valence-corrected chi connectivity index (χ1v) is 11.1. The van der Waals surface area contributed by atoms with E-state index in [2.05, 4.69) is 5.32 Å². The van der Waals surface area contributed by atoms with Crippen molar-refractivity contribution in [3.8, 4) is 0 Å². The Kier molecular flexibility index (Phi) is 6.78. The van der Waals surface area contributed by atoms with Crippen molar-refractivity contribution in [3.63, 3.8) is 0 Å². The van der Waals surface area contributed by atoms with Gasteiger partial charge in [-0.2, -0.15) is 4.31 Å². The van der Waals surface area contributed by atoms with Gasteiger partial charge in [-0.05, 0) is 48.7 Å². The fourth-order valence-corrected chi connectivity index (χ4v) is 4.53. The molecule has 1 saturated heterocycles. The largest absolute Gasteiger partial charge is 0.326 e. The Morgan fingerprint density at radius 2 is 1.71 bits per heavy atom. The fraction of sp³-hybridized carbons (Fsp3) is 0.250. The van der Waals surface area contributed by atoms with Gasteiger partial charge in [-0.3, -0.25) is 4.79 Å². The van der Waals surface area contributed by atoms with E-state index in [1.165, 1.54) is 10.4 Å². The average molecular weight is 439 g/mol. The third-order valence-electron chi connectivity index (χ3n) is 4.60. The van der Waals surface area contributed by atoms with Crippen molar-refractivity contribution in [2.24, 2.45) is 5.92 Å². The molecule has 0 atom stereocenters. The molecule has 2 aromatic rings. The second kappa shape index (κ2) is 9.09. The molecule has 3 rings (SSSR count). The van der Waals surface area contributed by atoms with Crippen LogP contribution in [0.2, 0.25) is 10.0 Å². The van der Waals surface area contributed by atoms with E-state index in [-0.39, 0.29) is 11.8 Å². The van der Waals surface area contributed by atoms with Gasteiger partial charge < -0.3 is 5.32 Å². The first-order valence-electron chi connectivity index (χ1n) is 8.84. The molecular formula is C20H20Cl2N2O3S. The predicted molar refractivity (Wildman–Crippen MR) is 114 cm³/mol. The van der Waals surface area contributed by atoms with E-state index in [0.29, 0.717) is 41.5 Å². The van der Waals surface area contributed by atoms with Crippen LogP contribution in [0, 0.1) is 5.92 Å². The molecule has 8 heteroatoms. The highest BCUT2D eigenvalue weighted by Gasteiger charge is 2.29. The van der Waals surface area contributed by atoms with Crippen LogP contribution in [0.1, 0.15) is 18.4 Å². The summed E-state index contributed by atoms with van der Waals surface area (Å²) in [6.45, 7) is 0.613. The molecule has 0 spiro atoms. The smallest absolute Gasteiger partial charge is 0.236 e. The Balaban J connectivity index is 1.57. The third kappa shape index (κ3) is 5.35. The molecule has 0 aromatic heterocycles. The van der Waals surface area contributed by atoms with Crippen LogP contribution in [0.4, 0.5) is 5.69 Å². The summed E-state index contributed by atoms with van der Waals surface area (Å²) in [6, 6.07) is 14.2. The molecule has 0 saturated carbocycles. The third-order valence-corrected chi connectivity index (χ3v) is 6.91. The first-order chi connectivity index (χ1) is 13.3. The molecule has 1 amide bonds. The van der Waals surface area contributed by atoms with Crippen LogP contribution in [0.25, 0.3) is 6.08 Å². The number of halogens is 2. The summed E-state index contributed by atoms with van der Waals surface area (Å²) in [5.74, 6) is -0.277. The Morgan fingerprint density at radius 1 is 1.04 bits per heavy atom. The van der Waals surface area contributed by atoms with Gasteiger partial charge in [-0.15, -0.1) is 0 Å². The van der Waals surface area contributed by atoms with E-state index in [4.69, 9.17) is 23.2 Å². The number of carbonyl (C=O) groups excluding carboxylic acids is 1. The van der Waals surface area contributed by atoms with Crippen LogP contribution in [0.5, 0.6) is 0 Å². The Bertz CT molecular complexity index is 970. The standard InChI is InChI=1S/C20H20Cl2N2O3S/c21-18-7-6-15(14-19(18)22)10-13-28(26,27)24-11-8-16(9-12-24)20(25)23-17-4-2-1-3-5-17/h1-7,10,13-14,16H,8-9,11-12H2,(H,23,25)/b13-10+. The van der Waals surface area contributed by atoms with Crippen molar-refractivity contribution in [1.82, 2.24) is 4.31 Å². The van der Waals surface area contributed by atoms with Crippen LogP contribution >= 0.6 is 23.2 Å². The minimum Gasteiger partial charge on any atom is -0.326 e. The molecule has 0 radical (unpaired) electrons. The summed E-state index contributed by atoms with van der Waals surface area (Å²) < 4.78 is 26.5. The average Bonchev–Trinajstić information content (AvgIpc) is 2.70. The van der Waals surface area contributed by atoms with E-state index >= 15 is 0 Å². The number of amides is 1. The molecule has 0 bridgehead atoms. The van der Waals surface area contributed by atoms with E-state index in [1.807, 2.05) is 30.3 Å². The Hall–Kier alpha value is -1.86. The molecule has 0 unspecified atom stereocenters. The summed E-state index contributed by atoms with van der Waals surface area (Å²) in [4.78, 5) is 12.4. The molecule has 1 N–H and O–H groups in total. The van der Waals surface area contributed by atoms with Crippen LogP contribution < -0.4 is 5.32 Å². The first kappa shape index (κ1) is 20.9. The number of nitrogens with one attached hydrogen (secondary N) is 1. The molecule has 5 nitrogen and oxygen atoms in total. The minimum atomic E-state index is -3.57. The molecule has 1 fully saturated rings. The number of carbonyl (C=O) groups is 1. The lowest BCUT2D eigenvalue weighted by Crippen LogP contribution is -2.40. The van der Waals surface area contributed by atoms with Gasteiger partial charge in [0.1, 0.15) is 0 Å². The molecule has 1 heterocycles. The predicted octanol–water partition coefficient (Wildman–Crippen LogP) is 4.64. The summed E-state index contributed by atoms with van der Waals surface area (Å²) in [5.41, 5.74) is 1.39. The molecule has 1 aliphatic rings. The summed E-state index contributed by atoms with van der Waals surface area (Å²) in [6.07, 6.45) is 2.46. The highest BCUT2D eigenvalue weighted by Crippen LogP contribution is 2.25. The van der Waals surface area contributed by atoms with Gasteiger partial charge in [0, 0.05) is 30.1 Å². The van der Waals surface area contributed by atoms with Crippen LogP contribution in [-0.2, 0) is 14.8 Å². The lowest BCUT2D eigenvalue weighted by molar-refractivity contribution is -0.120. The van der Waals surface area contributed by atoms with Gasteiger partial charge in [-0.1, -0.05) is 47.5 Å². The Morgan fingerprint density at radius 3 is 2.36 bits per heavy atom. The number of hydrogen-bond donors (Lipinski definition) is 1. The number of para-hydroxylation sites is 1. The maximum Gasteiger partial charge on any atom is 0.236 e. The summed E-state index contributed by atoms with van der Waals surface area (Å²) in [7, 11) is -3.57. The minimum absolute atomic E-state index is 0.0744. The maximum absolute atomic E-state index is 12.6. The second-order valence-corrected chi connectivity index (χ2v) is 9.18. The lowest BCUT2D eigenvalue weighted by Gasteiger charge is -2.29. The molecule has 1 aliphatic heterocycles. The molecule has 28 heavy (non-hydrogen) atoms. The van der Waals surface area contributed by atoms with E-state index in [0.717, 1.165) is 11.1 Å². The number of benzene rings is 2. The van der Waals surface area contributed by atoms with Gasteiger partial charge >= 0.3 is 0 Å².